The highest BCUT2D eigenvalue weighted by Gasteiger charge is 2.42. The molecule has 0 unspecified atom stereocenters. The number of benzene rings is 2. The Morgan fingerprint density at radius 3 is 2.40 bits per heavy atom. The Labute approximate surface area is 209 Å². The van der Waals surface area contributed by atoms with Crippen LogP contribution in [0.4, 0.5) is 11.4 Å². The predicted octanol–water partition coefficient (Wildman–Crippen LogP) is 5.02. The van der Waals surface area contributed by atoms with Gasteiger partial charge in [0.2, 0.25) is 5.91 Å². The molecule has 1 aliphatic heterocycles. The van der Waals surface area contributed by atoms with Crippen molar-refractivity contribution in [2.75, 3.05) is 17.3 Å². The Bertz CT molecular complexity index is 1340. The van der Waals surface area contributed by atoms with Crippen molar-refractivity contribution in [3.05, 3.63) is 103 Å². The number of aromatic nitrogens is 2. The highest BCUT2D eigenvalue weighted by atomic mass is 32.1. The number of nitrogens with zero attached hydrogens (tertiary/aromatic N) is 3. The second-order valence-electron chi connectivity index (χ2n) is 8.23. The molecular formula is C27H25N5O2S. The van der Waals surface area contributed by atoms with Gasteiger partial charge in [-0.3, -0.25) is 9.78 Å². The van der Waals surface area contributed by atoms with Crippen molar-refractivity contribution in [2.45, 2.75) is 19.0 Å². The van der Waals surface area contributed by atoms with Gasteiger partial charge in [0.05, 0.1) is 18.8 Å². The smallest absolute Gasteiger partial charge is 0.221 e. The minimum absolute atomic E-state index is 0.110. The van der Waals surface area contributed by atoms with Gasteiger partial charge in [-0.05, 0) is 85.0 Å². The van der Waals surface area contributed by atoms with Crippen LogP contribution in [0.5, 0.6) is 5.75 Å². The van der Waals surface area contributed by atoms with Gasteiger partial charge >= 0.3 is 0 Å². The Balaban J connectivity index is 1.59. The van der Waals surface area contributed by atoms with Gasteiger partial charge in [0.1, 0.15) is 11.8 Å². The summed E-state index contributed by atoms with van der Waals surface area (Å²) in [6.45, 7) is 1.49. The van der Waals surface area contributed by atoms with Crippen LogP contribution < -0.4 is 20.3 Å². The summed E-state index contributed by atoms with van der Waals surface area (Å²) in [7, 11) is 1.66. The highest BCUT2D eigenvalue weighted by Crippen LogP contribution is 2.42. The first-order valence-electron chi connectivity index (χ1n) is 11.2. The van der Waals surface area contributed by atoms with Crippen molar-refractivity contribution in [1.82, 2.24) is 14.9 Å². The van der Waals surface area contributed by atoms with Crippen molar-refractivity contribution in [3.8, 4) is 11.4 Å². The topological polar surface area (TPSA) is 71.4 Å². The summed E-state index contributed by atoms with van der Waals surface area (Å²) >= 11 is 5.84. The Kier molecular flexibility index (Phi) is 6.20. The summed E-state index contributed by atoms with van der Waals surface area (Å²) in [5.41, 5.74) is 4.63. The molecule has 1 fully saturated rings. The Hall–Kier alpha value is -4.17. The standard InChI is InChI=1S/C27H25N5O2S/c1-18(33)29-19-8-10-21(11-9-19)32-26(25(30-27(32)35)23-6-3-4-16-28-23)24-7-5-17-31(24)20-12-14-22(34-2)15-13-20/h3-17,25-26H,1-2H3,(H,29,33)(H,30,35)/t25-,26-/m0/s1. The molecule has 2 atom stereocenters. The molecule has 0 radical (unpaired) electrons. The van der Waals surface area contributed by atoms with Crippen molar-refractivity contribution < 1.29 is 9.53 Å². The molecule has 1 amide bonds. The number of hydrogen-bond donors (Lipinski definition) is 2. The number of amides is 1. The van der Waals surface area contributed by atoms with E-state index in [1.54, 1.807) is 13.3 Å². The monoisotopic (exact) mass is 483 g/mol. The molecule has 0 bridgehead atoms. The first-order valence-corrected chi connectivity index (χ1v) is 11.7. The van der Waals surface area contributed by atoms with Crippen LogP contribution in [-0.2, 0) is 4.79 Å². The molecule has 8 heteroatoms. The normalized spacial score (nSPS) is 17.2. The molecule has 0 aliphatic carbocycles. The number of carbonyl (C=O) groups is 1. The molecule has 1 saturated heterocycles. The van der Waals surface area contributed by atoms with Gasteiger partial charge in [-0.15, -0.1) is 0 Å². The summed E-state index contributed by atoms with van der Waals surface area (Å²) in [5.74, 6) is 0.694. The number of thiocarbonyl (C=S) groups is 1. The van der Waals surface area contributed by atoms with Gasteiger partial charge in [0, 0.05) is 42.1 Å². The lowest BCUT2D eigenvalue weighted by atomic mass is 10.0. The van der Waals surface area contributed by atoms with E-state index in [0.29, 0.717) is 5.11 Å². The maximum atomic E-state index is 11.5. The zero-order valence-corrected chi connectivity index (χ0v) is 20.2. The number of rotatable bonds is 6. The number of anilines is 2. The molecule has 2 aromatic carbocycles. The van der Waals surface area contributed by atoms with E-state index in [1.807, 2.05) is 79.0 Å². The zero-order chi connectivity index (χ0) is 24.4. The quantitative estimate of drug-likeness (QED) is 0.376. The number of methoxy groups -OCH3 is 1. The molecule has 176 valence electrons. The van der Waals surface area contributed by atoms with E-state index < -0.39 is 0 Å². The molecule has 2 N–H and O–H groups in total. The van der Waals surface area contributed by atoms with Gasteiger partial charge in [0.15, 0.2) is 5.11 Å². The number of ether oxygens (including phenoxy) is 1. The van der Waals surface area contributed by atoms with Crippen molar-refractivity contribution in [2.24, 2.45) is 0 Å². The fourth-order valence-electron chi connectivity index (χ4n) is 4.46. The number of carbonyl (C=O) groups excluding carboxylic acids is 1. The molecule has 2 aromatic heterocycles. The lowest BCUT2D eigenvalue weighted by Gasteiger charge is -2.29. The van der Waals surface area contributed by atoms with E-state index in [9.17, 15) is 4.79 Å². The van der Waals surface area contributed by atoms with E-state index in [2.05, 4.69) is 31.2 Å². The average molecular weight is 484 g/mol. The van der Waals surface area contributed by atoms with Crippen molar-refractivity contribution in [1.29, 1.82) is 0 Å². The minimum atomic E-state index is -0.166. The van der Waals surface area contributed by atoms with Gasteiger partial charge in [-0.2, -0.15) is 0 Å². The van der Waals surface area contributed by atoms with Crippen LogP contribution >= 0.6 is 12.2 Å². The summed E-state index contributed by atoms with van der Waals surface area (Å²) in [5, 5.41) is 6.92. The fourth-order valence-corrected chi connectivity index (χ4v) is 4.80. The average Bonchev–Trinajstić information content (AvgIpc) is 3.49. The van der Waals surface area contributed by atoms with E-state index in [0.717, 1.165) is 34.2 Å². The first-order chi connectivity index (χ1) is 17.0. The van der Waals surface area contributed by atoms with E-state index in [4.69, 9.17) is 17.0 Å². The van der Waals surface area contributed by atoms with Crippen LogP contribution in [0.25, 0.3) is 5.69 Å². The number of hydrogen-bond acceptors (Lipinski definition) is 4. The molecule has 4 aromatic rings. The van der Waals surface area contributed by atoms with Gasteiger partial charge in [-0.1, -0.05) is 6.07 Å². The molecule has 5 rings (SSSR count). The lowest BCUT2D eigenvalue weighted by Crippen LogP contribution is -2.30. The second kappa shape index (κ2) is 9.60. The van der Waals surface area contributed by atoms with E-state index >= 15 is 0 Å². The summed E-state index contributed by atoms with van der Waals surface area (Å²) in [4.78, 5) is 18.2. The lowest BCUT2D eigenvalue weighted by molar-refractivity contribution is -0.114. The van der Waals surface area contributed by atoms with Gasteiger partial charge in [0.25, 0.3) is 0 Å². The third kappa shape index (κ3) is 4.48. The Morgan fingerprint density at radius 2 is 1.74 bits per heavy atom. The Morgan fingerprint density at radius 1 is 1.00 bits per heavy atom. The van der Waals surface area contributed by atoms with Gasteiger partial charge in [-0.25, -0.2) is 0 Å². The maximum absolute atomic E-state index is 11.5. The molecule has 35 heavy (non-hydrogen) atoms. The van der Waals surface area contributed by atoms with E-state index in [1.165, 1.54) is 6.92 Å². The van der Waals surface area contributed by atoms with Crippen LogP contribution in [0, 0.1) is 0 Å². The largest absolute Gasteiger partial charge is 0.497 e. The summed E-state index contributed by atoms with van der Waals surface area (Å²) < 4.78 is 7.50. The SMILES string of the molecule is COc1ccc(-n2cccc2[C@H]2[C@H](c3ccccn3)NC(=S)N2c2ccc(NC(C)=O)cc2)cc1. The third-order valence-corrected chi connectivity index (χ3v) is 6.31. The second-order valence-corrected chi connectivity index (χ2v) is 8.61. The molecule has 3 heterocycles. The number of pyridine rings is 1. The first kappa shape index (κ1) is 22.6. The maximum Gasteiger partial charge on any atom is 0.221 e. The van der Waals surface area contributed by atoms with Gasteiger partial charge < -0.3 is 24.8 Å². The third-order valence-electron chi connectivity index (χ3n) is 6.00. The highest BCUT2D eigenvalue weighted by molar-refractivity contribution is 7.80. The molecule has 7 nitrogen and oxygen atoms in total. The van der Waals surface area contributed by atoms with Crippen LogP contribution in [-0.4, -0.2) is 27.7 Å². The zero-order valence-electron chi connectivity index (χ0n) is 19.4. The summed E-state index contributed by atoms with van der Waals surface area (Å²) in [6.07, 6.45) is 3.84. The predicted molar refractivity (Wildman–Crippen MR) is 141 cm³/mol. The number of nitrogens with one attached hydrogen (secondary N) is 2. The summed E-state index contributed by atoms with van der Waals surface area (Å²) in [6, 6.07) is 25.4. The molecule has 1 aliphatic rings. The van der Waals surface area contributed by atoms with Crippen LogP contribution in [0.15, 0.2) is 91.3 Å². The molecule has 0 spiro atoms. The fraction of sp³-hybridized carbons (Fsp3) is 0.148. The molecule has 0 saturated carbocycles. The van der Waals surface area contributed by atoms with Crippen LogP contribution in [0.2, 0.25) is 0 Å². The van der Waals surface area contributed by atoms with E-state index in [-0.39, 0.29) is 18.0 Å². The van der Waals surface area contributed by atoms with Crippen LogP contribution in [0.1, 0.15) is 30.4 Å². The van der Waals surface area contributed by atoms with Crippen molar-refractivity contribution >= 4 is 34.6 Å². The van der Waals surface area contributed by atoms with Crippen molar-refractivity contribution in [3.63, 3.8) is 0 Å². The van der Waals surface area contributed by atoms with Crippen LogP contribution in [0.3, 0.4) is 0 Å². The molecular weight excluding hydrogens is 458 g/mol. The minimum Gasteiger partial charge on any atom is -0.497 e.